The minimum absolute atomic E-state index is 0.101. The predicted molar refractivity (Wildman–Crippen MR) is 90.3 cm³/mol. The highest BCUT2D eigenvalue weighted by molar-refractivity contribution is 9.10. The van der Waals surface area contributed by atoms with Crippen molar-refractivity contribution in [2.45, 2.75) is 12.5 Å². The number of para-hydroxylation sites is 2. The number of fused-ring (bicyclic) bond motifs is 1. The molecule has 2 N–H and O–H groups in total. The van der Waals surface area contributed by atoms with Crippen LogP contribution in [0.5, 0.6) is 5.75 Å². The van der Waals surface area contributed by atoms with Gasteiger partial charge in [0.05, 0.1) is 12.2 Å². The lowest BCUT2D eigenvalue weighted by molar-refractivity contribution is -0.129. The largest absolute Gasteiger partial charge is 0.480 e. The lowest BCUT2D eigenvalue weighted by Gasteiger charge is -2.12. The van der Waals surface area contributed by atoms with Crippen LogP contribution in [0.2, 0.25) is 0 Å². The third-order valence-corrected chi connectivity index (χ3v) is 4.20. The highest BCUT2D eigenvalue weighted by Crippen LogP contribution is 2.28. The summed E-state index contributed by atoms with van der Waals surface area (Å²) in [6.07, 6.45) is -0.0583. The molecule has 0 spiro atoms. The zero-order chi connectivity index (χ0) is 16.2. The van der Waals surface area contributed by atoms with Gasteiger partial charge in [-0.15, -0.1) is 0 Å². The minimum Gasteiger partial charge on any atom is -0.480 e. The molecular formula is C17H15BrN2O3. The van der Waals surface area contributed by atoms with Gasteiger partial charge in [-0.1, -0.05) is 30.3 Å². The lowest BCUT2D eigenvalue weighted by atomic mass is 10.1. The van der Waals surface area contributed by atoms with Crippen LogP contribution < -0.4 is 15.4 Å². The Labute approximate surface area is 142 Å². The highest BCUT2D eigenvalue weighted by Gasteiger charge is 2.28. The molecule has 2 aromatic rings. The van der Waals surface area contributed by atoms with E-state index in [1.54, 1.807) is 6.07 Å². The van der Waals surface area contributed by atoms with Crippen molar-refractivity contribution < 1.29 is 14.3 Å². The summed E-state index contributed by atoms with van der Waals surface area (Å²) < 4.78 is 6.37. The van der Waals surface area contributed by atoms with Crippen LogP contribution >= 0.6 is 15.9 Å². The molecule has 6 heteroatoms. The van der Waals surface area contributed by atoms with Gasteiger partial charge in [0.1, 0.15) is 5.75 Å². The molecule has 0 radical (unpaired) electrons. The van der Waals surface area contributed by atoms with Crippen LogP contribution in [0.3, 0.4) is 0 Å². The molecule has 1 aliphatic heterocycles. The number of ether oxygens (including phenoxy) is 1. The number of amides is 2. The standard InChI is InChI=1S/C17H15BrN2O3/c18-12-6-2-3-7-13(12)20-16(21)10-19-17(22)15-9-11-5-1-4-8-14(11)23-15/h1-8,15H,9-10H2,(H,19,22)(H,20,21)/t15-/m1/s1. The van der Waals surface area contributed by atoms with Crippen molar-refractivity contribution in [2.75, 3.05) is 11.9 Å². The first-order valence-electron chi connectivity index (χ1n) is 7.20. The number of anilines is 1. The number of hydrogen-bond acceptors (Lipinski definition) is 3. The van der Waals surface area contributed by atoms with Gasteiger partial charge in [0.2, 0.25) is 5.91 Å². The number of carbonyl (C=O) groups is 2. The molecule has 0 saturated heterocycles. The van der Waals surface area contributed by atoms with Crippen molar-refractivity contribution in [1.82, 2.24) is 5.32 Å². The molecule has 2 aromatic carbocycles. The summed E-state index contributed by atoms with van der Waals surface area (Å²) in [6, 6.07) is 14.8. The number of hydrogen-bond donors (Lipinski definition) is 2. The molecular weight excluding hydrogens is 360 g/mol. The Morgan fingerprint density at radius 3 is 2.65 bits per heavy atom. The number of benzene rings is 2. The number of carbonyl (C=O) groups excluding carboxylic acids is 2. The first-order valence-corrected chi connectivity index (χ1v) is 7.99. The third kappa shape index (κ3) is 3.71. The fourth-order valence-corrected chi connectivity index (χ4v) is 2.75. The number of halogens is 1. The molecule has 1 atom stereocenters. The molecule has 1 heterocycles. The maximum atomic E-state index is 12.1. The Kier molecular flexibility index (Phi) is 4.62. The zero-order valence-electron chi connectivity index (χ0n) is 12.2. The first-order chi connectivity index (χ1) is 11.1. The van der Waals surface area contributed by atoms with Crippen LogP contribution in [-0.2, 0) is 16.0 Å². The fourth-order valence-electron chi connectivity index (χ4n) is 2.37. The van der Waals surface area contributed by atoms with E-state index in [9.17, 15) is 9.59 Å². The zero-order valence-corrected chi connectivity index (χ0v) is 13.8. The first kappa shape index (κ1) is 15.6. The third-order valence-electron chi connectivity index (χ3n) is 3.51. The van der Waals surface area contributed by atoms with E-state index in [1.165, 1.54) is 0 Å². The maximum Gasteiger partial charge on any atom is 0.261 e. The van der Waals surface area contributed by atoms with Crippen molar-refractivity contribution in [3.05, 3.63) is 58.6 Å². The van der Waals surface area contributed by atoms with Crippen LogP contribution in [0.15, 0.2) is 53.0 Å². The Morgan fingerprint density at radius 1 is 1.13 bits per heavy atom. The Balaban J connectivity index is 1.50. The van der Waals surface area contributed by atoms with Gasteiger partial charge in [0, 0.05) is 10.9 Å². The van der Waals surface area contributed by atoms with Gasteiger partial charge in [-0.25, -0.2) is 0 Å². The molecule has 0 unspecified atom stereocenters. The van der Waals surface area contributed by atoms with Crippen molar-refractivity contribution in [3.63, 3.8) is 0 Å². The Hall–Kier alpha value is -2.34. The summed E-state index contributed by atoms with van der Waals surface area (Å²) in [5.74, 6) is 0.148. The molecule has 0 saturated carbocycles. The van der Waals surface area contributed by atoms with Crippen LogP contribution in [0.1, 0.15) is 5.56 Å². The van der Waals surface area contributed by atoms with E-state index < -0.39 is 6.10 Å². The van der Waals surface area contributed by atoms with E-state index in [1.807, 2.05) is 42.5 Å². The SMILES string of the molecule is O=C(CNC(=O)[C@H]1Cc2ccccc2O1)Nc1ccccc1Br. The molecule has 23 heavy (non-hydrogen) atoms. The second-order valence-corrected chi connectivity index (χ2v) is 6.02. The van der Waals surface area contributed by atoms with E-state index in [4.69, 9.17) is 4.74 Å². The van der Waals surface area contributed by atoms with Gasteiger partial charge in [0.25, 0.3) is 5.91 Å². The number of nitrogens with one attached hydrogen (secondary N) is 2. The van der Waals surface area contributed by atoms with Crippen LogP contribution in [0.4, 0.5) is 5.69 Å². The van der Waals surface area contributed by atoms with Crippen molar-refractivity contribution in [3.8, 4) is 5.75 Å². The fraction of sp³-hybridized carbons (Fsp3) is 0.176. The van der Waals surface area contributed by atoms with Gasteiger partial charge < -0.3 is 15.4 Å². The summed E-state index contributed by atoms with van der Waals surface area (Å²) in [5, 5.41) is 5.34. The average molecular weight is 375 g/mol. The molecule has 0 aliphatic carbocycles. The predicted octanol–water partition coefficient (Wildman–Crippen LogP) is 2.51. The van der Waals surface area contributed by atoms with Gasteiger partial charge in [0.15, 0.2) is 6.10 Å². The van der Waals surface area contributed by atoms with Crippen molar-refractivity contribution >= 4 is 33.4 Å². The molecule has 3 rings (SSSR count). The molecule has 0 bridgehead atoms. The van der Waals surface area contributed by atoms with Gasteiger partial charge in [-0.3, -0.25) is 9.59 Å². The van der Waals surface area contributed by atoms with E-state index in [0.717, 1.165) is 15.8 Å². The summed E-state index contributed by atoms with van der Waals surface area (Å²) >= 11 is 3.35. The second kappa shape index (κ2) is 6.83. The quantitative estimate of drug-likeness (QED) is 0.863. The topological polar surface area (TPSA) is 67.4 Å². The summed E-state index contributed by atoms with van der Waals surface area (Å²) in [5.41, 5.74) is 1.67. The van der Waals surface area contributed by atoms with Crippen molar-refractivity contribution in [1.29, 1.82) is 0 Å². The van der Waals surface area contributed by atoms with Gasteiger partial charge in [-0.05, 0) is 39.7 Å². The maximum absolute atomic E-state index is 12.1. The van der Waals surface area contributed by atoms with Crippen LogP contribution in [0.25, 0.3) is 0 Å². The summed E-state index contributed by atoms with van der Waals surface area (Å²) in [4.78, 5) is 24.0. The van der Waals surface area contributed by atoms with E-state index in [0.29, 0.717) is 12.1 Å². The van der Waals surface area contributed by atoms with Gasteiger partial charge >= 0.3 is 0 Å². The Bertz CT molecular complexity index is 723. The molecule has 1 aliphatic rings. The number of rotatable bonds is 4. The second-order valence-electron chi connectivity index (χ2n) is 5.16. The lowest BCUT2D eigenvalue weighted by Crippen LogP contribution is -2.41. The smallest absolute Gasteiger partial charge is 0.261 e. The molecule has 0 fully saturated rings. The Morgan fingerprint density at radius 2 is 1.87 bits per heavy atom. The van der Waals surface area contributed by atoms with Crippen LogP contribution in [0, 0.1) is 0 Å². The molecule has 0 aromatic heterocycles. The van der Waals surface area contributed by atoms with E-state index in [-0.39, 0.29) is 18.4 Å². The average Bonchev–Trinajstić information content (AvgIpc) is 2.99. The minimum atomic E-state index is -0.580. The van der Waals surface area contributed by atoms with E-state index >= 15 is 0 Å². The monoisotopic (exact) mass is 374 g/mol. The molecule has 2 amide bonds. The normalized spacial score (nSPS) is 15.4. The molecule has 118 valence electrons. The van der Waals surface area contributed by atoms with Crippen molar-refractivity contribution in [2.24, 2.45) is 0 Å². The van der Waals surface area contributed by atoms with E-state index in [2.05, 4.69) is 26.6 Å². The highest BCUT2D eigenvalue weighted by atomic mass is 79.9. The van der Waals surface area contributed by atoms with Crippen LogP contribution in [-0.4, -0.2) is 24.5 Å². The molecule has 5 nitrogen and oxygen atoms in total. The van der Waals surface area contributed by atoms with Gasteiger partial charge in [-0.2, -0.15) is 0 Å². The summed E-state index contributed by atoms with van der Waals surface area (Å²) in [7, 11) is 0. The summed E-state index contributed by atoms with van der Waals surface area (Å²) in [6.45, 7) is -0.101.